The number of benzene rings is 1. The summed E-state index contributed by atoms with van der Waals surface area (Å²) in [6, 6.07) is 3.01. The first-order chi connectivity index (χ1) is 11.6. The van der Waals surface area contributed by atoms with E-state index >= 15 is 0 Å². The van der Waals surface area contributed by atoms with Gasteiger partial charge < -0.3 is 4.90 Å². The lowest BCUT2D eigenvalue weighted by Gasteiger charge is -2.17. The van der Waals surface area contributed by atoms with Crippen LogP contribution in [0, 0.1) is 13.8 Å². The molecule has 0 aliphatic carbocycles. The van der Waals surface area contributed by atoms with Crippen molar-refractivity contribution >= 4 is 43.4 Å². The van der Waals surface area contributed by atoms with Gasteiger partial charge in [0.2, 0.25) is 14.9 Å². The molecule has 1 amide bonds. The Hall–Kier alpha value is -1.38. The van der Waals surface area contributed by atoms with Gasteiger partial charge in [-0.05, 0) is 51.0 Å². The molecule has 9 heteroatoms. The largest absolute Gasteiger partial charge is 0.344 e. The van der Waals surface area contributed by atoms with E-state index in [9.17, 15) is 13.2 Å². The predicted molar refractivity (Wildman–Crippen MR) is 100 cm³/mol. The van der Waals surface area contributed by atoms with Crippen molar-refractivity contribution in [3.8, 4) is 0 Å². The fraction of sp³-hybridized carbons (Fsp3) is 0.375. The van der Waals surface area contributed by atoms with Gasteiger partial charge in [-0.3, -0.25) is 0 Å². The summed E-state index contributed by atoms with van der Waals surface area (Å²) in [5.41, 5.74) is 1.15. The van der Waals surface area contributed by atoms with Crippen LogP contribution in [0.2, 0.25) is 5.02 Å². The van der Waals surface area contributed by atoms with Crippen molar-refractivity contribution in [2.45, 2.75) is 37.6 Å². The minimum Gasteiger partial charge on any atom is -0.323 e. The van der Waals surface area contributed by atoms with E-state index in [0.717, 1.165) is 9.15 Å². The number of halogens is 2. The van der Waals surface area contributed by atoms with Crippen molar-refractivity contribution in [2.24, 2.45) is 0 Å². The monoisotopic (exact) mass is 447 g/mol. The second kappa shape index (κ2) is 7.47. The van der Waals surface area contributed by atoms with Crippen molar-refractivity contribution in [3.05, 3.63) is 39.0 Å². The van der Waals surface area contributed by atoms with E-state index in [1.807, 2.05) is 13.8 Å². The summed E-state index contributed by atoms with van der Waals surface area (Å²) in [4.78, 5) is 14.1. The van der Waals surface area contributed by atoms with Crippen molar-refractivity contribution < 1.29 is 13.2 Å². The number of hydrogen-bond acceptors (Lipinski definition) is 4. The zero-order chi connectivity index (χ0) is 18.9. The Morgan fingerprint density at radius 2 is 1.76 bits per heavy atom. The molecule has 0 N–H and O–H groups in total. The quantitative estimate of drug-likeness (QED) is 0.707. The van der Waals surface area contributed by atoms with Crippen LogP contribution >= 0.6 is 27.5 Å². The van der Waals surface area contributed by atoms with Crippen LogP contribution in [0.1, 0.15) is 25.0 Å². The lowest BCUT2D eigenvalue weighted by Crippen LogP contribution is -2.34. The molecule has 0 aliphatic rings. The molecule has 1 aromatic carbocycles. The van der Waals surface area contributed by atoms with Crippen LogP contribution in [0.4, 0.5) is 4.79 Å². The van der Waals surface area contributed by atoms with Crippen molar-refractivity contribution in [2.75, 3.05) is 13.1 Å². The molecule has 0 spiro atoms. The fourth-order valence-electron chi connectivity index (χ4n) is 2.67. The number of rotatable bonds is 4. The molecule has 0 saturated heterocycles. The Morgan fingerprint density at radius 3 is 2.24 bits per heavy atom. The van der Waals surface area contributed by atoms with E-state index in [-0.39, 0.29) is 14.9 Å². The highest BCUT2D eigenvalue weighted by Gasteiger charge is 2.30. The maximum Gasteiger partial charge on any atom is 0.344 e. The Morgan fingerprint density at radius 1 is 1.24 bits per heavy atom. The number of aryl methyl sites for hydroxylation is 2. The standard InChI is InChI=1S/C16H19BrClN3O3S/c1-5-20(6-2)16(22)21-9-13(18)15(19-21)25(23,24)14-10(3)7-12(17)8-11(14)4/h7-9H,5-6H2,1-4H3. The molecule has 1 heterocycles. The molecule has 0 fully saturated rings. The third kappa shape index (κ3) is 3.75. The first-order valence-electron chi connectivity index (χ1n) is 7.69. The number of amides is 1. The third-order valence-electron chi connectivity index (χ3n) is 3.82. The number of sulfone groups is 1. The van der Waals surface area contributed by atoms with Gasteiger partial charge >= 0.3 is 6.03 Å². The molecule has 0 radical (unpaired) electrons. The highest BCUT2D eigenvalue weighted by Crippen LogP contribution is 2.32. The van der Waals surface area contributed by atoms with E-state index in [2.05, 4.69) is 21.0 Å². The Bertz CT molecular complexity index is 898. The number of nitrogens with zero attached hydrogens (tertiary/aromatic N) is 3. The number of aromatic nitrogens is 2. The molecule has 0 bridgehead atoms. The number of carbonyl (C=O) groups excluding carboxylic acids is 1. The summed E-state index contributed by atoms with van der Waals surface area (Å²) in [5, 5.41) is 3.58. The Labute approximate surface area is 160 Å². The molecule has 0 unspecified atom stereocenters. The second-order valence-corrected chi connectivity index (χ2v) is 8.68. The van der Waals surface area contributed by atoms with E-state index < -0.39 is 15.9 Å². The molecule has 2 aromatic rings. The average molecular weight is 449 g/mol. The third-order valence-corrected chi connectivity index (χ3v) is 6.66. The topological polar surface area (TPSA) is 72.3 Å². The van der Waals surface area contributed by atoms with Gasteiger partial charge in [0.05, 0.1) is 16.1 Å². The van der Waals surface area contributed by atoms with Gasteiger partial charge in [-0.25, -0.2) is 13.2 Å². The first kappa shape index (κ1) is 19.9. The highest BCUT2D eigenvalue weighted by atomic mass is 79.9. The Balaban J connectivity index is 2.58. The van der Waals surface area contributed by atoms with Crippen LogP contribution in [0.3, 0.4) is 0 Å². The van der Waals surface area contributed by atoms with Gasteiger partial charge in [0.1, 0.15) is 0 Å². The minimum atomic E-state index is -3.96. The molecule has 2 rings (SSSR count). The lowest BCUT2D eigenvalue weighted by molar-refractivity contribution is 0.201. The van der Waals surface area contributed by atoms with Crippen LogP contribution in [-0.4, -0.2) is 42.2 Å². The maximum atomic E-state index is 13.1. The highest BCUT2D eigenvalue weighted by molar-refractivity contribution is 9.10. The SMILES string of the molecule is CCN(CC)C(=O)n1cc(Cl)c(S(=O)(=O)c2c(C)cc(Br)cc2C)n1. The Kier molecular flexibility index (Phi) is 5.96. The van der Waals surface area contributed by atoms with E-state index in [0.29, 0.717) is 24.2 Å². The van der Waals surface area contributed by atoms with Crippen LogP contribution in [0.25, 0.3) is 0 Å². The minimum absolute atomic E-state index is 0.0813. The zero-order valence-corrected chi connectivity index (χ0v) is 17.5. The van der Waals surface area contributed by atoms with Gasteiger partial charge in [-0.1, -0.05) is 27.5 Å². The molecule has 0 saturated carbocycles. The zero-order valence-electron chi connectivity index (χ0n) is 14.4. The van der Waals surface area contributed by atoms with Crippen molar-refractivity contribution in [1.82, 2.24) is 14.7 Å². The molecule has 0 atom stereocenters. The van der Waals surface area contributed by atoms with Gasteiger partial charge in [-0.2, -0.15) is 9.78 Å². The van der Waals surface area contributed by atoms with Gasteiger partial charge in [0.15, 0.2) is 0 Å². The number of hydrogen-bond donors (Lipinski definition) is 0. The van der Waals surface area contributed by atoms with Crippen molar-refractivity contribution in [1.29, 1.82) is 0 Å². The molecule has 6 nitrogen and oxygen atoms in total. The summed E-state index contributed by atoms with van der Waals surface area (Å²) in [6.45, 7) is 8.05. The predicted octanol–water partition coefficient (Wildman–Crippen LogP) is 4.06. The smallest absolute Gasteiger partial charge is 0.323 e. The molecular formula is C16H19BrClN3O3S. The maximum absolute atomic E-state index is 13.1. The lowest BCUT2D eigenvalue weighted by atomic mass is 10.2. The average Bonchev–Trinajstić information content (AvgIpc) is 2.89. The molecule has 0 aliphatic heterocycles. The summed E-state index contributed by atoms with van der Waals surface area (Å²) < 4.78 is 27.9. The van der Waals surface area contributed by atoms with Crippen LogP contribution in [-0.2, 0) is 9.84 Å². The molecule has 136 valence electrons. The second-order valence-electron chi connectivity index (χ2n) is 5.55. The molecular weight excluding hydrogens is 430 g/mol. The van der Waals surface area contributed by atoms with E-state index in [1.165, 1.54) is 11.1 Å². The van der Waals surface area contributed by atoms with Gasteiger partial charge in [0.25, 0.3) is 0 Å². The summed E-state index contributed by atoms with van der Waals surface area (Å²) in [6.07, 6.45) is 1.23. The summed E-state index contributed by atoms with van der Waals surface area (Å²) in [5.74, 6) is 0. The van der Waals surface area contributed by atoms with Gasteiger partial charge in [-0.15, -0.1) is 0 Å². The molecule has 1 aromatic heterocycles. The van der Waals surface area contributed by atoms with E-state index in [4.69, 9.17) is 11.6 Å². The van der Waals surface area contributed by atoms with Crippen LogP contribution in [0.15, 0.2) is 32.7 Å². The summed E-state index contributed by atoms with van der Waals surface area (Å²) >= 11 is 9.46. The van der Waals surface area contributed by atoms with Crippen LogP contribution < -0.4 is 0 Å². The summed E-state index contributed by atoms with van der Waals surface area (Å²) in [7, 11) is -3.96. The fourth-order valence-corrected chi connectivity index (χ4v) is 5.46. The molecule has 25 heavy (non-hydrogen) atoms. The number of carbonyl (C=O) groups is 1. The van der Waals surface area contributed by atoms with Crippen molar-refractivity contribution in [3.63, 3.8) is 0 Å². The van der Waals surface area contributed by atoms with Crippen LogP contribution in [0.5, 0.6) is 0 Å². The first-order valence-corrected chi connectivity index (χ1v) is 10.3. The van der Waals surface area contributed by atoms with E-state index in [1.54, 1.807) is 26.0 Å². The normalized spacial score (nSPS) is 11.6. The van der Waals surface area contributed by atoms with Gasteiger partial charge in [0, 0.05) is 17.6 Å².